The molecule has 0 atom stereocenters. The van der Waals surface area contributed by atoms with Crippen molar-refractivity contribution in [1.29, 1.82) is 0 Å². The number of anilines is 1. The molecule has 1 saturated heterocycles. The summed E-state index contributed by atoms with van der Waals surface area (Å²) in [5.74, 6) is 0.461. The van der Waals surface area contributed by atoms with Crippen molar-refractivity contribution in [3.63, 3.8) is 0 Å². The Morgan fingerprint density at radius 2 is 2.13 bits per heavy atom. The van der Waals surface area contributed by atoms with E-state index in [0.717, 1.165) is 18.7 Å². The molecule has 9 heteroatoms. The van der Waals surface area contributed by atoms with Crippen LogP contribution in [-0.4, -0.2) is 43.9 Å². The van der Waals surface area contributed by atoms with E-state index in [9.17, 15) is 9.18 Å². The van der Waals surface area contributed by atoms with Gasteiger partial charge in [-0.1, -0.05) is 6.07 Å². The number of H-pyrrole nitrogens is 1. The number of hydrogen-bond acceptors (Lipinski definition) is 5. The van der Waals surface area contributed by atoms with Crippen LogP contribution in [0.4, 0.5) is 10.1 Å². The van der Waals surface area contributed by atoms with Crippen LogP contribution in [0.2, 0.25) is 0 Å². The summed E-state index contributed by atoms with van der Waals surface area (Å²) in [5, 5.41) is 14.2. The zero-order chi connectivity index (χ0) is 21.4. The summed E-state index contributed by atoms with van der Waals surface area (Å²) < 4.78 is 21.8. The van der Waals surface area contributed by atoms with Crippen molar-refractivity contribution in [2.24, 2.45) is 0 Å². The summed E-state index contributed by atoms with van der Waals surface area (Å²) in [6, 6.07) is 8.45. The van der Waals surface area contributed by atoms with Crippen LogP contribution in [0.15, 0.2) is 42.7 Å². The molecule has 8 nitrogen and oxygen atoms in total. The van der Waals surface area contributed by atoms with Crippen LogP contribution in [-0.2, 0) is 4.74 Å². The van der Waals surface area contributed by atoms with E-state index in [-0.39, 0.29) is 23.2 Å². The fourth-order valence-electron chi connectivity index (χ4n) is 3.83. The third-order valence-electron chi connectivity index (χ3n) is 5.58. The van der Waals surface area contributed by atoms with Gasteiger partial charge in [-0.25, -0.2) is 13.9 Å². The smallest absolute Gasteiger partial charge is 0.259 e. The van der Waals surface area contributed by atoms with Crippen molar-refractivity contribution >= 4 is 17.1 Å². The SMILES string of the molecule is Cc1cc(F)c(-c2n[nH]c(C3CCOCC3)n2)cc1NC(=O)c1cnn2ccccc12. The number of carbonyl (C=O) groups excluding carboxylic acids is 1. The molecule has 0 spiro atoms. The molecule has 2 N–H and O–H groups in total. The number of nitrogens with one attached hydrogen (secondary N) is 2. The molecule has 1 fully saturated rings. The predicted molar refractivity (Wildman–Crippen MR) is 112 cm³/mol. The van der Waals surface area contributed by atoms with E-state index < -0.39 is 5.82 Å². The molecule has 0 saturated carbocycles. The Morgan fingerprint density at radius 3 is 2.97 bits per heavy atom. The monoisotopic (exact) mass is 420 g/mol. The number of fused-ring (bicyclic) bond motifs is 1. The van der Waals surface area contributed by atoms with E-state index in [4.69, 9.17) is 4.74 Å². The van der Waals surface area contributed by atoms with Crippen LogP contribution in [0, 0.1) is 12.7 Å². The van der Waals surface area contributed by atoms with E-state index in [1.807, 2.05) is 18.2 Å². The summed E-state index contributed by atoms with van der Waals surface area (Å²) in [4.78, 5) is 17.4. The number of aryl methyl sites for hydroxylation is 1. The van der Waals surface area contributed by atoms with Crippen LogP contribution in [0.25, 0.3) is 16.9 Å². The lowest BCUT2D eigenvalue weighted by Gasteiger charge is -2.19. The molecule has 1 aromatic carbocycles. The number of aromatic nitrogens is 5. The highest BCUT2D eigenvalue weighted by Crippen LogP contribution is 2.30. The second kappa shape index (κ2) is 7.92. The van der Waals surface area contributed by atoms with E-state index >= 15 is 0 Å². The maximum Gasteiger partial charge on any atom is 0.259 e. The Bertz CT molecular complexity index is 1260. The van der Waals surface area contributed by atoms with Crippen molar-refractivity contribution in [1.82, 2.24) is 24.8 Å². The van der Waals surface area contributed by atoms with Crippen molar-refractivity contribution in [3.05, 3.63) is 65.5 Å². The number of pyridine rings is 1. The lowest BCUT2D eigenvalue weighted by atomic mass is 10.00. The fraction of sp³-hybridized carbons (Fsp3) is 0.273. The van der Waals surface area contributed by atoms with Gasteiger partial charge in [-0.2, -0.15) is 10.2 Å². The van der Waals surface area contributed by atoms with E-state index in [1.54, 1.807) is 23.7 Å². The topological polar surface area (TPSA) is 97.2 Å². The van der Waals surface area contributed by atoms with E-state index in [1.165, 1.54) is 12.3 Å². The lowest BCUT2D eigenvalue weighted by Crippen LogP contribution is -2.15. The molecule has 0 radical (unpaired) electrons. The standard InChI is InChI=1S/C22H21FN6O2/c1-13-10-17(23)15(21-26-20(27-28-21)14-5-8-31-9-6-14)11-18(13)25-22(30)16-12-24-29-7-3-2-4-19(16)29/h2-4,7,10-12,14H,5-6,8-9H2,1H3,(H,25,30)(H,26,27,28). The summed E-state index contributed by atoms with van der Waals surface area (Å²) in [7, 11) is 0. The Labute approximate surface area is 177 Å². The summed E-state index contributed by atoms with van der Waals surface area (Å²) in [6.07, 6.45) is 4.99. The number of rotatable bonds is 4. The second-order valence-corrected chi connectivity index (χ2v) is 7.62. The summed E-state index contributed by atoms with van der Waals surface area (Å²) in [6.45, 7) is 3.10. The van der Waals surface area contributed by atoms with Crippen molar-refractivity contribution < 1.29 is 13.9 Å². The minimum Gasteiger partial charge on any atom is -0.381 e. The van der Waals surface area contributed by atoms with Gasteiger partial charge in [-0.3, -0.25) is 9.89 Å². The van der Waals surface area contributed by atoms with Crippen molar-refractivity contribution in [2.45, 2.75) is 25.7 Å². The highest BCUT2D eigenvalue weighted by molar-refractivity contribution is 6.09. The molecular weight excluding hydrogens is 399 g/mol. The molecule has 0 aliphatic carbocycles. The largest absolute Gasteiger partial charge is 0.381 e. The number of benzene rings is 1. The van der Waals surface area contributed by atoms with Crippen molar-refractivity contribution in [2.75, 3.05) is 18.5 Å². The minimum absolute atomic E-state index is 0.221. The molecule has 4 heterocycles. The normalized spacial score (nSPS) is 14.8. The van der Waals surface area contributed by atoms with Crippen LogP contribution in [0.5, 0.6) is 0 Å². The van der Waals surface area contributed by atoms with E-state index in [0.29, 0.717) is 35.5 Å². The first-order valence-corrected chi connectivity index (χ1v) is 10.1. The number of hydrogen-bond donors (Lipinski definition) is 2. The van der Waals surface area contributed by atoms with Crippen LogP contribution >= 0.6 is 0 Å². The molecule has 0 unspecified atom stereocenters. The van der Waals surface area contributed by atoms with Gasteiger partial charge in [-0.15, -0.1) is 0 Å². The number of amides is 1. The number of halogens is 1. The Hall–Kier alpha value is -3.59. The van der Waals surface area contributed by atoms with Gasteiger partial charge in [0, 0.05) is 31.0 Å². The molecule has 1 aliphatic rings. The fourth-order valence-corrected chi connectivity index (χ4v) is 3.83. The molecule has 1 amide bonds. The first-order chi connectivity index (χ1) is 15.1. The number of ether oxygens (including phenoxy) is 1. The number of carbonyl (C=O) groups is 1. The van der Waals surface area contributed by atoms with Gasteiger partial charge in [-0.05, 0) is 49.6 Å². The summed E-state index contributed by atoms with van der Waals surface area (Å²) >= 11 is 0. The lowest BCUT2D eigenvalue weighted by molar-refractivity contribution is 0.0836. The average Bonchev–Trinajstić information content (AvgIpc) is 3.44. The maximum absolute atomic E-state index is 14.7. The van der Waals surface area contributed by atoms with Gasteiger partial charge >= 0.3 is 0 Å². The van der Waals surface area contributed by atoms with Gasteiger partial charge in [0.15, 0.2) is 5.82 Å². The predicted octanol–water partition coefficient (Wildman–Crippen LogP) is 3.71. The first-order valence-electron chi connectivity index (χ1n) is 10.1. The van der Waals surface area contributed by atoms with Crippen molar-refractivity contribution in [3.8, 4) is 11.4 Å². The van der Waals surface area contributed by atoms with E-state index in [2.05, 4.69) is 25.6 Å². The Kier molecular flexibility index (Phi) is 4.95. The van der Waals surface area contributed by atoms with Gasteiger partial charge in [0.1, 0.15) is 11.6 Å². The van der Waals surface area contributed by atoms with Gasteiger partial charge in [0.25, 0.3) is 5.91 Å². The molecule has 31 heavy (non-hydrogen) atoms. The highest BCUT2D eigenvalue weighted by Gasteiger charge is 2.22. The van der Waals surface area contributed by atoms with Crippen LogP contribution in [0.1, 0.15) is 40.5 Å². The molecule has 0 bridgehead atoms. The number of nitrogens with zero attached hydrogens (tertiary/aromatic N) is 4. The molecule has 158 valence electrons. The second-order valence-electron chi connectivity index (χ2n) is 7.62. The first kappa shape index (κ1) is 19.4. The molecule has 5 rings (SSSR count). The maximum atomic E-state index is 14.7. The molecule has 3 aromatic heterocycles. The van der Waals surface area contributed by atoms with Crippen LogP contribution in [0.3, 0.4) is 0 Å². The van der Waals surface area contributed by atoms with Gasteiger partial charge < -0.3 is 10.1 Å². The zero-order valence-corrected chi connectivity index (χ0v) is 16.9. The quantitative estimate of drug-likeness (QED) is 0.525. The molecular formula is C22H21FN6O2. The minimum atomic E-state index is -0.441. The van der Waals surface area contributed by atoms with Gasteiger partial charge in [0.05, 0.1) is 22.8 Å². The third-order valence-corrected chi connectivity index (χ3v) is 5.58. The Morgan fingerprint density at radius 1 is 1.29 bits per heavy atom. The number of aromatic amines is 1. The third kappa shape index (κ3) is 3.68. The van der Waals surface area contributed by atoms with Gasteiger partial charge in [0.2, 0.25) is 0 Å². The van der Waals surface area contributed by atoms with Crippen LogP contribution < -0.4 is 5.32 Å². The highest BCUT2D eigenvalue weighted by atomic mass is 19.1. The molecule has 1 aliphatic heterocycles. The molecule has 4 aromatic rings. The average molecular weight is 420 g/mol. The zero-order valence-electron chi connectivity index (χ0n) is 16.9. The summed E-state index contributed by atoms with van der Waals surface area (Å²) in [5.41, 5.74) is 2.45. The Balaban J connectivity index is 1.44.